The van der Waals surface area contributed by atoms with Crippen LogP contribution in [0.2, 0.25) is 5.02 Å². The fraction of sp³-hybridized carbons (Fsp3) is 0.385. The lowest BCUT2D eigenvalue weighted by Gasteiger charge is -1.99. The molecule has 0 aliphatic carbocycles. The quantitative estimate of drug-likeness (QED) is 0.822. The van der Waals surface area contributed by atoms with Gasteiger partial charge in [0.1, 0.15) is 0 Å². The first-order valence-electron chi connectivity index (χ1n) is 6.05. The SMILES string of the molecule is CCCCCC(=O)Nc1nc2ccc(Cl)cc2s1. The summed E-state index contributed by atoms with van der Waals surface area (Å²) in [6.07, 6.45) is 3.69. The second kappa shape index (κ2) is 6.16. The van der Waals surface area contributed by atoms with E-state index in [1.54, 1.807) is 6.07 Å². The highest BCUT2D eigenvalue weighted by Gasteiger charge is 2.07. The van der Waals surface area contributed by atoms with Crippen LogP contribution in [0.25, 0.3) is 10.2 Å². The number of aromatic nitrogens is 1. The number of rotatable bonds is 5. The van der Waals surface area contributed by atoms with Gasteiger partial charge in [0.15, 0.2) is 5.13 Å². The zero-order valence-corrected chi connectivity index (χ0v) is 11.8. The molecule has 2 aromatic rings. The number of nitrogens with one attached hydrogen (secondary N) is 1. The van der Waals surface area contributed by atoms with Crippen molar-refractivity contribution in [2.75, 3.05) is 5.32 Å². The number of fused-ring (bicyclic) bond motifs is 1. The molecule has 1 N–H and O–H groups in total. The summed E-state index contributed by atoms with van der Waals surface area (Å²) in [4.78, 5) is 16.0. The summed E-state index contributed by atoms with van der Waals surface area (Å²) in [6.45, 7) is 2.12. The van der Waals surface area contributed by atoms with E-state index in [-0.39, 0.29) is 5.91 Å². The summed E-state index contributed by atoms with van der Waals surface area (Å²) < 4.78 is 0.992. The third-order valence-electron chi connectivity index (χ3n) is 2.60. The molecular formula is C13H15ClN2OS. The number of nitrogens with zero attached hydrogens (tertiary/aromatic N) is 1. The van der Waals surface area contributed by atoms with Gasteiger partial charge in [0.05, 0.1) is 10.2 Å². The van der Waals surface area contributed by atoms with Gasteiger partial charge in [-0.2, -0.15) is 0 Å². The summed E-state index contributed by atoms with van der Waals surface area (Å²) >= 11 is 7.36. The van der Waals surface area contributed by atoms with Crippen molar-refractivity contribution in [3.05, 3.63) is 23.2 Å². The largest absolute Gasteiger partial charge is 0.302 e. The Morgan fingerprint density at radius 1 is 1.44 bits per heavy atom. The monoisotopic (exact) mass is 282 g/mol. The first-order chi connectivity index (χ1) is 8.69. The maximum Gasteiger partial charge on any atom is 0.226 e. The van der Waals surface area contributed by atoms with Crippen LogP contribution in [0.3, 0.4) is 0 Å². The van der Waals surface area contributed by atoms with E-state index in [4.69, 9.17) is 11.6 Å². The van der Waals surface area contributed by atoms with Crippen molar-refractivity contribution in [1.29, 1.82) is 0 Å². The molecular weight excluding hydrogens is 268 g/mol. The minimum Gasteiger partial charge on any atom is -0.302 e. The van der Waals surface area contributed by atoms with Gasteiger partial charge in [-0.25, -0.2) is 4.98 Å². The molecule has 96 valence electrons. The van der Waals surface area contributed by atoms with Gasteiger partial charge in [-0.15, -0.1) is 0 Å². The molecule has 0 atom stereocenters. The van der Waals surface area contributed by atoms with E-state index >= 15 is 0 Å². The van der Waals surface area contributed by atoms with E-state index in [0.717, 1.165) is 29.5 Å². The Morgan fingerprint density at radius 3 is 3.06 bits per heavy atom. The van der Waals surface area contributed by atoms with Gasteiger partial charge < -0.3 is 5.32 Å². The van der Waals surface area contributed by atoms with Gasteiger partial charge in [0.25, 0.3) is 0 Å². The first kappa shape index (κ1) is 13.3. The normalized spacial score (nSPS) is 10.8. The minimum absolute atomic E-state index is 0.0357. The lowest BCUT2D eigenvalue weighted by molar-refractivity contribution is -0.116. The standard InChI is InChI=1S/C13H15ClN2OS/c1-2-3-4-5-12(17)16-13-15-10-7-6-9(14)8-11(10)18-13/h6-8H,2-5H2,1H3,(H,15,16,17). The van der Waals surface area contributed by atoms with Crippen molar-refractivity contribution in [1.82, 2.24) is 4.98 Å². The molecule has 0 spiro atoms. The lowest BCUT2D eigenvalue weighted by Crippen LogP contribution is -2.10. The number of hydrogen-bond donors (Lipinski definition) is 1. The van der Waals surface area contributed by atoms with Crippen LogP contribution in [-0.2, 0) is 4.79 Å². The predicted molar refractivity (Wildman–Crippen MR) is 77.4 cm³/mol. The molecule has 0 aliphatic rings. The molecule has 0 saturated heterocycles. The van der Waals surface area contributed by atoms with Gasteiger partial charge in [0, 0.05) is 11.4 Å². The van der Waals surface area contributed by atoms with Crippen LogP contribution in [0.1, 0.15) is 32.6 Å². The van der Waals surface area contributed by atoms with Crippen molar-refractivity contribution in [3.8, 4) is 0 Å². The minimum atomic E-state index is 0.0357. The van der Waals surface area contributed by atoms with Gasteiger partial charge >= 0.3 is 0 Å². The van der Waals surface area contributed by atoms with Gasteiger partial charge in [-0.1, -0.05) is 42.7 Å². The topological polar surface area (TPSA) is 42.0 Å². The summed E-state index contributed by atoms with van der Waals surface area (Å²) in [5, 5.41) is 4.17. The summed E-state index contributed by atoms with van der Waals surface area (Å²) in [7, 11) is 0. The van der Waals surface area contributed by atoms with E-state index in [1.807, 2.05) is 12.1 Å². The molecule has 1 aromatic carbocycles. The van der Waals surface area contributed by atoms with Gasteiger partial charge in [0.2, 0.25) is 5.91 Å². The van der Waals surface area contributed by atoms with E-state index in [2.05, 4.69) is 17.2 Å². The molecule has 1 aromatic heterocycles. The molecule has 0 unspecified atom stereocenters. The number of hydrogen-bond acceptors (Lipinski definition) is 3. The van der Waals surface area contributed by atoms with Gasteiger partial charge in [-0.05, 0) is 24.6 Å². The Hall–Kier alpha value is -1.13. The predicted octanol–water partition coefficient (Wildman–Crippen LogP) is 4.47. The molecule has 18 heavy (non-hydrogen) atoms. The molecule has 0 saturated carbocycles. The third kappa shape index (κ3) is 3.43. The maximum absolute atomic E-state index is 11.7. The molecule has 5 heteroatoms. The zero-order valence-electron chi connectivity index (χ0n) is 10.2. The van der Waals surface area contributed by atoms with Crippen LogP contribution in [0.15, 0.2) is 18.2 Å². The molecule has 1 amide bonds. The number of unbranched alkanes of at least 4 members (excludes halogenated alkanes) is 2. The third-order valence-corrected chi connectivity index (χ3v) is 3.77. The summed E-state index contributed by atoms with van der Waals surface area (Å²) in [5.74, 6) is 0.0357. The van der Waals surface area contributed by atoms with Crippen LogP contribution >= 0.6 is 22.9 Å². The van der Waals surface area contributed by atoms with Crippen molar-refractivity contribution < 1.29 is 4.79 Å². The summed E-state index contributed by atoms with van der Waals surface area (Å²) in [5.41, 5.74) is 0.869. The number of thiazole rings is 1. The van der Waals surface area contributed by atoms with Crippen molar-refractivity contribution in [2.24, 2.45) is 0 Å². The molecule has 2 rings (SSSR count). The smallest absolute Gasteiger partial charge is 0.226 e. The van der Waals surface area contributed by atoms with Crippen molar-refractivity contribution in [2.45, 2.75) is 32.6 Å². The Labute approximate surface area is 115 Å². The molecule has 1 heterocycles. The van der Waals surface area contributed by atoms with E-state index in [0.29, 0.717) is 16.6 Å². The van der Waals surface area contributed by atoms with Crippen LogP contribution in [-0.4, -0.2) is 10.9 Å². The van der Waals surface area contributed by atoms with E-state index < -0.39 is 0 Å². The Bertz CT molecular complexity index is 553. The van der Waals surface area contributed by atoms with E-state index in [9.17, 15) is 4.79 Å². The van der Waals surface area contributed by atoms with Crippen LogP contribution < -0.4 is 5.32 Å². The highest BCUT2D eigenvalue weighted by Crippen LogP contribution is 2.28. The Kier molecular flexibility index (Phi) is 4.55. The average molecular weight is 283 g/mol. The first-order valence-corrected chi connectivity index (χ1v) is 7.24. The zero-order chi connectivity index (χ0) is 13.0. The van der Waals surface area contributed by atoms with Crippen molar-refractivity contribution >= 4 is 44.2 Å². The number of carbonyl (C=O) groups is 1. The number of anilines is 1. The fourth-order valence-corrected chi connectivity index (χ4v) is 2.83. The van der Waals surface area contributed by atoms with Crippen LogP contribution in [0.5, 0.6) is 0 Å². The van der Waals surface area contributed by atoms with Gasteiger partial charge in [-0.3, -0.25) is 4.79 Å². The fourth-order valence-electron chi connectivity index (χ4n) is 1.67. The number of carbonyl (C=O) groups excluding carboxylic acids is 1. The Balaban J connectivity index is 2.01. The summed E-state index contributed by atoms with van der Waals surface area (Å²) in [6, 6.07) is 5.53. The van der Waals surface area contributed by atoms with Crippen LogP contribution in [0.4, 0.5) is 5.13 Å². The lowest BCUT2D eigenvalue weighted by atomic mass is 10.2. The number of amides is 1. The second-order valence-electron chi connectivity index (χ2n) is 4.14. The number of benzene rings is 1. The van der Waals surface area contributed by atoms with Crippen molar-refractivity contribution in [3.63, 3.8) is 0 Å². The second-order valence-corrected chi connectivity index (χ2v) is 5.60. The van der Waals surface area contributed by atoms with Crippen LogP contribution in [0, 0.1) is 0 Å². The Morgan fingerprint density at radius 2 is 2.28 bits per heavy atom. The average Bonchev–Trinajstić information content (AvgIpc) is 2.70. The number of halogens is 1. The molecule has 0 aliphatic heterocycles. The highest BCUT2D eigenvalue weighted by atomic mass is 35.5. The molecule has 3 nitrogen and oxygen atoms in total. The molecule has 0 radical (unpaired) electrons. The maximum atomic E-state index is 11.7. The van der Waals surface area contributed by atoms with E-state index in [1.165, 1.54) is 11.3 Å². The highest BCUT2D eigenvalue weighted by molar-refractivity contribution is 7.22. The molecule has 0 bridgehead atoms. The molecule has 0 fully saturated rings.